The van der Waals surface area contributed by atoms with E-state index in [0.29, 0.717) is 0 Å². The van der Waals surface area contributed by atoms with Gasteiger partial charge in [0.1, 0.15) is 11.5 Å². The number of halogens is 2. The van der Waals surface area contributed by atoms with Crippen LogP contribution in [0.15, 0.2) is 45.3 Å². The highest BCUT2D eigenvalue weighted by atomic mass is 79.9. The van der Waals surface area contributed by atoms with Crippen LogP contribution in [0.4, 0.5) is 0 Å². The predicted molar refractivity (Wildman–Crippen MR) is 95.1 cm³/mol. The van der Waals surface area contributed by atoms with Crippen LogP contribution in [0.25, 0.3) is 0 Å². The smallest absolute Gasteiger partial charge is 0.131 e. The van der Waals surface area contributed by atoms with Crippen molar-refractivity contribution in [2.24, 2.45) is 0 Å². The molecule has 0 aliphatic rings. The zero-order chi connectivity index (χ0) is 15.2. The lowest BCUT2D eigenvalue weighted by molar-refractivity contribution is 0.478. The molecule has 4 heteroatoms. The molecule has 0 amide bonds. The molecule has 0 atom stereocenters. The average molecular weight is 413 g/mol. The first-order chi connectivity index (χ1) is 10.1. The lowest BCUT2D eigenvalue weighted by Crippen LogP contribution is -2.14. The van der Waals surface area contributed by atoms with Crippen molar-refractivity contribution >= 4 is 31.9 Å². The summed E-state index contributed by atoms with van der Waals surface area (Å²) in [4.78, 5) is 0. The van der Waals surface area contributed by atoms with Crippen LogP contribution in [0.5, 0.6) is 11.5 Å². The molecule has 2 rings (SSSR count). The van der Waals surface area contributed by atoms with E-state index >= 15 is 0 Å². The largest absolute Gasteiger partial charge is 0.457 e. The van der Waals surface area contributed by atoms with E-state index in [1.54, 1.807) is 0 Å². The molecule has 0 aliphatic carbocycles. The zero-order valence-corrected chi connectivity index (χ0v) is 15.4. The van der Waals surface area contributed by atoms with E-state index in [1.807, 2.05) is 37.3 Å². The minimum absolute atomic E-state index is 0.835. The second-order valence-electron chi connectivity index (χ2n) is 4.94. The van der Waals surface area contributed by atoms with Gasteiger partial charge in [0, 0.05) is 15.5 Å². The number of hydrogen-bond donors (Lipinski definition) is 1. The fraction of sp³-hybridized carbons (Fsp3) is 0.294. The summed E-state index contributed by atoms with van der Waals surface area (Å²) in [7, 11) is 0. The SMILES string of the molecule is CCCNCc1ccc(Oc2cc(Br)ccc2C)cc1Br. The Morgan fingerprint density at radius 3 is 2.62 bits per heavy atom. The number of hydrogen-bond acceptors (Lipinski definition) is 2. The maximum absolute atomic E-state index is 5.97. The molecule has 1 N–H and O–H groups in total. The van der Waals surface area contributed by atoms with Crippen molar-refractivity contribution in [3.8, 4) is 11.5 Å². The molecule has 2 aromatic carbocycles. The minimum atomic E-state index is 0.835. The van der Waals surface area contributed by atoms with Gasteiger partial charge in [-0.05, 0) is 55.3 Å². The molecular weight excluding hydrogens is 394 g/mol. The second-order valence-corrected chi connectivity index (χ2v) is 6.71. The van der Waals surface area contributed by atoms with Gasteiger partial charge in [-0.3, -0.25) is 0 Å². The van der Waals surface area contributed by atoms with Crippen LogP contribution in [-0.2, 0) is 6.54 Å². The first kappa shape index (κ1) is 16.5. The predicted octanol–water partition coefficient (Wildman–Crippen LogP) is 5.81. The van der Waals surface area contributed by atoms with Crippen LogP contribution in [-0.4, -0.2) is 6.54 Å². The molecule has 0 saturated carbocycles. The summed E-state index contributed by atoms with van der Waals surface area (Å²) in [6.45, 7) is 6.10. The van der Waals surface area contributed by atoms with E-state index < -0.39 is 0 Å². The van der Waals surface area contributed by atoms with Crippen LogP contribution in [0.1, 0.15) is 24.5 Å². The number of nitrogens with one attached hydrogen (secondary N) is 1. The molecule has 112 valence electrons. The van der Waals surface area contributed by atoms with E-state index in [-0.39, 0.29) is 0 Å². The molecule has 0 saturated heterocycles. The van der Waals surface area contributed by atoms with E-state index in [4.69, 9.17) is 4.74 Å². The Labute approximate surface area is 143 Å². The van der Waals surface area contributed by atoms with Gasteiger partial charge in [-0.25, -0.2) is 0 Å². The normalized spacial score (nSPS) is 10.7. The Balaban J connectivity index is 2.11. The van der Waals surface area contributed by atoms with Crippen molar-refractivity contribution in [1.82, 2.24) is 5.32 Å². The summed E-state index contributed by atoms with van der Waals surface area (Å²) in [6.07, 6.45) is 1.14. The molecule has 0 unspecified atom stereocenters. The van der Waals surface area contributed by atoms with Gasteiger partial charge in [0.25, 0.3) is 0 Å². The number of benzene rings is 2. The molecule has 0 radical (unpaired) electrons. The first-order valence-corrected chi connectivity index (χ1v) is 8.62. The summed E-state index contributed by atoms with van der Waals surface area (Å²) in [6, 6.07) is 12.2. The average Bonchev–Trinajstić information content (AvgIpc) is 2.45. The zero-order valence-electron chi connectivity index (χ0n) is 12.2. The van der Waals surface area contributed by atoms with E-state index in [1.165, 1.54) is 5.56 Å². The maximum Gasteiger partial charge on any atom is 0.131 e. The van der Waals surface area contributed by atoms with Gasteiger partial charge >= 0.3 is 0 Å². The van der Waals surface area contributed by atoms with Crippen molar-refractivity contribution in [3.63, 3.8) is 0 Å². The monoisotopic (exact) mass is 411 g/mol. The maximum atomic E-state index is 5.97. The molecule has 0 heterocycles. The van der Waals surface area contributed by atoms with Gasteiger partial charge in [-0.1, -0.05) is 50.9 Å². The highest BCUT2D eigenvalue weighted by molar-refractivity contribution is 9.10. The number of rotatable bonds is 6. The van der Waals surface area contributed by atoms with Gasteiger partial charge in [0.2, 0.25) is 0 Å². The Kier molecular flexibility index (Phi) is 6.27. The third-order valence-corrected chi connectivity index (χ3v) is 4.38. The number of aryl methyl sites for hydroxylation is 1. The molecule has 2 nitrogen and oxygen atoms in total. The lowest BCUT2D eigenvalue weighted by atomic mass is 10.2. The Morgan fingerprint density at radius 1 is 1.10 bits per heavy atom. The van der Waals surface area contributed by atoms with Gasteiger partial charge in [0.05, 0.1) is 0 Å². The molecule has 21 heavy (non-hydrogen) atoms. The molecule has 0 aromatic heterocycles. The van der Waals surface area contributed by atoms with E-state index in [0.717, 1.165) is 45.5 Å². The van der Waals surface area contributed by atoms with Crippen LogP contribution >= 0.6 is 31.9 Å². The topological polar surface area (TPSA) is 21.3 Å². The fourth-order valence-corrected chi connectivity index (χ4v) is 2.78. The second kappa shape index (κ2) is 7.97. The molecule has 0 spiro atoms. The van der Waals surface area contributed by atoms with Gasteiger partial charge in [-0.2, -0.15) is 0 Å². The molecule has 0 bridgehead atoms. The van der Waals surface area contributed by atoms with Crippen molar-refractivity contribution in [2.75, 3.05) is 6.54 Å². The van der Waals surface area contributed by atoms with Crippen LogP contribution < -0.4 is 10.1 Å². The molecule has 0 aliphatic heterocycles. The van der Waals surface area contributed by atoms with Crippen molar-refractivity contribution < 1.29 is 4.74 Å². The van der Waals surface area contributed by atoms with E-state index in [9.17, 15) is 0 Å². The Bertz CT molecular complexity index is 614. The molecular formula is C17H19Br2NO. The highest BCUT2D eigenvalue weighted by Gasteiger charge is 2.05. The van der Waals surface area contributed by atoms with Gasteiger partial charge < -0.3 is 10.1 Å². The van der Waals surface area contributed by atoms with Crippen LogP contribution in [0.3, 0.4) is 0 Å². The standard InChI is InChI=1S/C17H19Br2NO/c1-3-8-20-11-13-5-7-15(10-16(13)19)21-17-9-14(18)6-4-12(17)2/h4-7,9-10,20H,3,8,11H2,1-2H3. The number of ether oxygens (including phenoxy) is 1. The summed E-state index contributed by atoms with van der Waals surface area (Å²) in [5, 5.41) is 3.40. The summed E-state index contributed by atoms with van der Waals surface area (Å²) < 4.78 is 8.05. The molecule has 2 aromatic rings. The third-order valence-electron chi connectivity index (χ3n) is 3.14. The summed E-state index contributed by atoms with van der Waals surface area (Å²) >= 11 is 7.09. The summed E-state index contributed by atoms with van der Waals surface area (Å²) in [5.74, 6) is 1.70. The lowest BCUT2D eigenvalue weighted by Gasteiger charge is -2.11. The Hall–Kier alpha value is -0.840. The quantitative estimate of drug-likeness (QED) is 0.604. The third kappa shape index (κ3) is 4.83. The van der Waals surface area contributed by atoms with E-state index in [2.05, 4.69) is 50.2 Å². The fourth-order valence-electron chi connectivity index (χ4n) is 1.95. The van der Waals surface area contributed by atoms with Gasteiger partial charge in [-0.15, -0.1) is 0 Å². The van der Waals surface area contributed by atoms with Crippen molar-refractivity contribution in [3.05, 3.63) is 56.5 Å². The minimum Gasteiger partial charge on any atom is -0.457 e. The summed E-state index contributed by atoms with van der Waals surface area (Å²) in [5.41, 5.74) is 2.35. The first-order valence-electron chi connectivity index (χ1n) is 7.03. The van der Waals surface area contributed by atoms with Crippen molar-refractivity contribution in [1.29, 1.82) is 0 Å². The van der Waals surface area contributed by atoms with Crippen LogP contribution in [0, 0.1) is 6.92 Å². The van der Waals surface area contributed by atoms with Crippen LogP contribution in [0.2, 0.25) is 0 Å². The van der Waals surface area contributed by atoms with Gasteiger partial charge in [0.15, 0.2) is 0 Å². The molecule has 0 fully saturated rings. The Morgan fingerprint density at radius 2 is 1.90 bits per heavy atom. The highest BCUT2D eigenvalue weighted by Crippen LogP contribution is 2.30. The van der Waals surface area contributed by atoms with Crippen molar-refractivity contribution in [2.45, 2.75) is 26.8 Å².